The average Bonchev–Trinajstić information content (AvgIpc) is 3.46. The van der Waals surface area contributed by atoms with Crippen molar-refractivity contribution in [2.24, 2.45) is 0 Å². The highest BCUT2D eigenvalue weighted by Gasteiger charge is 2.22. The van der Waals surface area contributed by atoms with Gasteiger partial charge in [0, 0.05) is 48.4 Å². The molecule has 20 nitrogen and oxygen atoms in total. The van der Waals surface area contributed by atoms with Gasteiger partial charge in [0.2, 0.25) is 23.0 Å². The second-order valence-corrected chi connectivity index (χ2v) is 16.5. The predicted octanol–water partition coefficient (Wildman–Crippen LogP) is 7.18. The first kappa shape index (κ1) is 56.1. The number of hydrogen-bond acceptors (Lipinski definition) is 16. The minimum absolute atomic E-state index is 0.0142. The van der Waals surface area contributed by atoms with E-state index in [2.05, 4.69) is 21.3 Å². The molecule has 0 bridgehead atoms. The fourth-order valence-electron chi connectivity index (χ4n) is 8.20. The third kappa shape index (κ3) is 12.9. The first-order valence-corrected chi connectivity index (χ1v) is 23.3. The summed E-state index contributed by atoms with van der Waals surface area (Å²) in [4.78, 5) is 57.2. The number of benzene rings is 6. The molecule has 76 heavy (non-hydrogen) atoms. The van der Waals surface area contributed by atoms with Crippen LogP contribution in [0, 0.1) is 0 Å². The maximum Gasteiger partial charge on any atom is 0.251 e. The van der Waals surface area contributed by atoms with Gasteiger partial charge in [0.25, 0.3) is 23.6 Å². The Labute approximate surface area is 440 Å². The fourth-order valence-corrected chi connectivity index (χ4v) is 8.20. The second kappa shape index (κ2) is 26.1. The van der Waals surface area contributed by atoms with Gasteiger partial charge >= 0.3 is 0 Å². The topological polar surface area (TPSA) is 227 Å². The molecule has 0 unspecified atom stereocenters. The van der Waals surface area contributed by atoms with Gasteiger partial charge in [0.15, 0.2) is 46.0 Å². The molecule has 0 spiro atoms. The number of ether oxygens (including phenoxy) is 12. The molecule has 402 valence electrons. The minimum Gasteiger partial charge on any atom is -0.493 e. The first-order valence-electron chi connectivity index (χ1n) is 23.3. The zero-order valence-corrected chi connectivity index (χ0v) is 44.4. The number of methoxy groups -OCH3 is 12. The van der Waals surface area contributed by atoms with E-state index in [-0.39, 0.29) is 48.4 Å². The summed E-state index contributed by atoms with van der Waals surface area (Å²) < 4.78 is 66.1. The van der Waals surface area contributed by atoms with Gasteiger partial charge in [0.05, 0.1) is 85.3 Å². The maximum atomic E-state index is 14.3. The largest absolute Gasteiger partial charge is 0.493 e. The van der Waals surface area contributed by atoms with Crippen molar-refractivity contribution in [1.29, 1.82) is 0 Å². The SMILES string of the molecule is COc1cc(CNC(=O)c2cc(C(=O)NCc3cc(OC)c(OC)c(OC)c3)cc(-c3cc(C(=O)NCc4cc(OC)c(OC)c(OC)c4)cc(C(=O)NCc4cc(OC)c(OC)c(OC)c4)c3)c2)cc(OC)c1OC. The van der Waals surface area contributed by atoms with Crippen LogP contribution in [0.5, 0.6) is 69.0 Å². The highest BCUT2D eigenvalue weighted by Crippen LogP contribution is 2.41. The Balaban J connectivity index is 1.43. The highest BCUT2D eigenvalue weighted by atomic mass is 16.6. The summed E-state index contributed by atoms with van der Waals surface area (Å²) in [7, 11) is 17.8. The average molecular weight is 1050 g/mol. The van der Waals surface area contributed by atoms with Crippen molar-refractivity contribution in [2.75, 3.05) is 85.3 Å². The summed E-state index contributed by atoms with van der Waals surface area (Å²) in [6.07, 6.45) is 0. The van der Waals surface area contributed by atoms with Crippen molar-refractivity contribution < 1.29 is 76.0 Å². The van der Waals surface area contributed by atoms with Crippen LogP contribution in [0.4, 0.5) is 0 Å². The molecule has 0 atom stereocenters. The third-order valence-corrected chi connectivity index (χ3v) is 12.0. The first-order chi connectivity index (χ1) is 36.7. The Kier molecular flexibility index (Phi) is 19.3. The van der Waals surface area contributed by atoms with Crippen molar-refractivity contribution >= 4 is 23.6 Å². The van der Waals surface area contributed by atoms with Crippen molar-refractivity contribution in [3.8, 4) is 80.1 Å². The number of hydrogen-bond donors (Lipinski definition) is 4. The van der Waals surface area contributed by atoms with Gasteiger partial charge in [0.1, 0.15) is 0 Å². The Bertz CT molecular complexity index is 2590. The summed E-state index contributed by atoms with van der Waals surface area (Å²) in [5.74, 6) is 2.34. The zero-order valence-electron chi connectivity index (χ0n) is 44.4. The van der Waals surface area contributed by atoms with Crippen LogP contribution in [0.2, 0.25) is 0 Å². The lowest BCUT2D eigenvalue weighted by molar-refractivity contribution is 0.0935. The lowest BCUT2D eigenvalue weighted by Crippen LogP contribution is -2.26. The van der Waals surface area contributed by atoms with Crippen LogP contribution >= 0.6 is 0 Å². The van der Waals surface area contributed by atoms with Gasteiger partial charge in [-0.05, 0) is 118 Å². The predicted molar refractivity (Wildman–Crippen MR) is 281 cm³/mol. The summed E-state index contributed by atoms with van der Waals surface area (Å²) in [5.41, 5.74) is 3.42. The summed E-state index contributed by atoms with van der Waals surface area (Å²) in [5, 5.41) is 11.7. The normalized spacial score (nSPS) is 10.5. The molecule has 6 rings (SSSR count). The summed E-state index contributed by atoms with van der Waals surface area (Å²) in [6.45, 7) is 0.0568. The molecule has 0 aromatic heterocycles. The molecule has 0 heterocycles. The quantitative estimate of drug-likeness (QED) is 0.0445. The van der Waals surface area contributed by atoms with Gasteiger partial charge < -0.3 is 78.1 Å². The van der Waals surface area contributed by atoms with Gasteiger partial charge in [-0.3, -0.25) is 19.2 Å². The van der Waals surface area contributed by atoms with Crippen molar-refractivity contribution in [1.82, 2.24) is 21.3 Å². The van der Waals surface area contributed by atoms with E-state index in [1.165, 1.54) is 97.5 Å². The maximum absolute atomic E-state index is 14.3. The van der Waals surface area contributed by atoms with E-state index in [9.17, 15) is 19.2 Å². The molecule has 20 heteroatoms. The second-order valence-electron chi connectivity index (χ2n) is 16.5. The van der Waals surface area contributed by atoms with E-state index in [4.69, 9.17) is 56.8 Å². The summed E-state index contributed by atoms with van der Waals surface area (Å²) >= 11 is 0. The molecule has 0 aliphatic heterocycles. The van der Waals surface area contributed by atoms with Crippen LogP contribution in [0.25, 0.3) is 11.1 Å². The van der Waals surface area contributed by atoms with Gasteiger partial charge in [-0.15, -0.1) is 0 Å². The Hall–Kier alpha value is -9.20. The molecule has 6 aromatic rings. The van der Waals surface area contributed by atoms with E-state index in [1.54, 1.807) is 72.8 Å². The Morgan fingerprint density at radius 2 is 0.434 bits per heavy atom. The van der Waals surface area contributed by atoms with E-state index in [0.717, 1.165) is 0 Å². The van der Waals surface area contributed by atoms with Gasteiger partial charge in [-0.1, -0.05) is 0 Å². The van der Waals surface area contributed by atoms with Crippen LogP contribution in [-0.2, 0) is 26.2 Å². The van der Waals surface area contributed by atoms with Gasteiger partial charge in [-0.2, -0.15) is 0 Å². The molecular formula is C56H62N4O16. The smallest absolute Gasteiger partial charge is 0.251 e. The number of nitrogens with one attached hydrogen (secondary N) is 4. The molecule has 0 saturated carbocycles. The van der Waals surface area contributed by atoms with Crippen LogP contribution in [0.3, 0.4) is 0 Å². The molecule has 0 radical (unpaired) electrons. The number of carbonyl (C=O) groups excluding carboxylic acids is 4. The van der Waals surface area contributed by atoms with Crippen molar-refractivity contribution in [3.63, 3.8) is 0 Å². The Morgan fingerprint density at radius 3 is 0.579 bits per heavy atom. The zero-order chi connectivity index (χ0) is 55.1. The molecular weight excluding hydrogens is 985 g/mol. The molecule has 0 aliphatic rings. The van der Waals surface area contributed by atoms with Crippen LogP contribution in [0.15, 0.2) is 84.9 Å². The third-order valence-electron chi connectivity index (χ3n) is 12.0. The molecule has 0 aliphatic carbocycles. The van der Waals surface area contributed by atoms with Crippen molar-refractivity contribution in [3.05, 3.63) is 129 Å². The summed E-state index contributed by atoms with van der Waals surface area (Å²) in [6, 6.07) is 22.7. The fraction of sp³-hybridized carbons (Fsp3) is 0.286. The molecule has 4 amide bonds. The lowest BCUT2D eigenvalue weighted by atomic mass is 9.95. The van der Waals surface area contributed by atoms with Crippen LogP contribution < -0.4 is 78.1 Å². The van der Waals surface area contributed by atoms with E-state index in [1.807, 2.05) is 0 Å². The van der Waals surface area contributed by atoms with Gasteiger partial charge in [-0.25, -0.2) is 0 Å². The molecule has 0 fully saturated rings. The number of amides is 4. The molecule has 4 N–H and O–H groups in total. The van der Waals surface area contributed by atoms with Crippen LogP contribution in [0.1, 0.15) is 63.7 Å². The standard InChI is InChI=1S/C56H62N4O16/c1-65-41-13-31(14-42(66-2)49(41)73-9)27-57-53(61)37-21-35(22-38(25-37)54(62)58-28-32-15-43(67-3)50(74-10)44(16-32)68-4)36-23-39(55(63)59-29-33-17-45(69-5)51(75-11)46(18-33)70-6)26-40(24-36)56(64)60-30-34-19-47(71-7)52(76-12)48(20-34)72-8/h13-26H,27-30H2,1-12H3,(H,57,61)(H,58,62)(H,59,63)(H,60,64). The molecule has 0 saturated heterocycles. The lowest BCUT2D eigenvalue weighted by Gasteiger charge is -2.16. The van der Waals surface area contributed by atoms with Crippen molar-refractivity contribution in [2.45, 2.75) is 26.2 Å². The minimum atomic E-state index is -0.558. The van der Waals surface area contributed by atoms with E-state index in [0.29, 0.717) is 102 Å². The van der Waals surface area contributed by atoms with E-state index < -0.39 is 23.6 Å². The highest BCUT2D eigenvalue weighted by molar-refractivity contribution is 6.04. The van der Waals surface area contributed by atoms with E-state index >= 15 is 0 Å². The monoisotopic (exact) mass is 1050 g/mol. The number of carbonyl (C=O) groups is 4. The molecule has 6 aromatic carbocycles. The number of rotatable bonds is 25. The Morgan fingerprint density at radius 1 is 0.263 bits per heavy atom. The van der Waals surface area contributed by atoms with Crippen LogP contribution in [-0.4, -0.2) is 109 Å².